The molecule has 0 aromatic heterocycles. The van der Waals surface area contributed by atoms with Crippen molar-refractivity contribution in [3.05, 3.63) is 106 Å². The van der Waals surface area contributed by atoms with Gasteiger partial charge in [-0.05, 0) is 60.0 Å². The summed E-state index contributed by atoms with van der Waals surface area (Å²) in [5, 5.41) is 3.54. The van der Waals surface area contributed by atoms with Crippen molar-refractivity contribution in [3.63, 3.8) is 0 Å². The van der Waals surface area contributed by atoms with Crippen LogP contribution in [0.1, 0.15) is 33.0 Å². The lowest BCUT2D eigenvalue weighted by atomic mass is 9.86. The van der Waals surface area contributed by atoms with Crippen molar-refractivity contribution >= 4 is 23.4 Å². The van der Waals surface area contributed by atoms with Crippen molar-refractivity contribution < 1.29 is 14.0 Å². The molecular formula is C26H24ClFN2O2. The molecule has 6 heteroatoms. The monoisotopic (exact) mass is 450 g/mol. The molecular weight excluding hydrogens is 427 g/mol. The molecule has 0 unspecified atom stereocenters. The van der Waals surface area contributed by atoms with E-state index in [0.29, 0.717) is 30.2 Å². The number of halogens is 2. The lowest BCUT2D eigenvalue weighted by Crippen LogP contribution is -2.35. The fraction of sp³-hybridized carbons (Fsp3) is 0.231. The first-order valence-corrected chi connectivity index (χ1v) is 10.9. The molecule has 0 spiro atoms. The van der Waals surface area contributed by atoms with Gasteiger partial charge >= 0.3 is 0 Å². The molecule has 0 bridgehead atoms. The summed E-state index contributed by atoms with van der Waals surface area (Å²) in [6.07, 6.45) is 0. The van der Waals surface area contributed by atoms with Crippen LogP contribution < -0.4 is 5.32 Å². The molecule has 0 radical (unpaired) electrons. The van der Waals surface area contributed by atoms with Crippen LogP contribution in [0.2, 0.25) is 5.02 Å². The maximum atomic E-state index is 13.2. The van der Waals surface area contributed by atoms with Crippen LogP contribution in [0.25, 0.3) is 0 Å². The topological polar surface area (TPSA) is 49.4 Å². The standard InChI is InChI=1S/C26H24ClFN2O2/c1-17-4-2-3-5-22(17)23-15-30(26(32)19-8-10-20(27)11-9-19)16-24(23)25(31)29-14-18-6-12-21(28)13-7-18/h2-13,23-24H,14-16H2,1H3,(H,29,31)/t23-,24-/m0/s1. The van der Waals surface area contributed by atoms with E-state index in [1.165, 1.54) is 12.1 Å². The summed E-state index contributed by atoms with van der Waals surface area (Å²) in [5.41, 5.74) is 3.53. The number of hydrogen-bond acceptors (Lipinski definition) is 2. The minimum Gasteiger partial charge on any atom is -0.352 e. The predicted molar refractivity (Wildman–Crippen MR) is 123 cm³/mol. The Morgan fingerprint density at radius 2 is 1.69 bits per heavy atom. The van der Waals surface area contributed by atoms with Gasteiger partial charge < -0.3 is 10.2 Å². The lowest BCUT2D eigenvalue weighted by Gasteiger charge is -2.20. The number of nitrogens with one attached hydrogen (secondary N) is 1. The SMILES string of the molecule is Cc1ccccc1[C@@H]1CN(C(=O)c2ccc(Cl)cc2)C[C@@H]1C(=O)NCc1ccc(F)cc1. The number of carbonyl (C=O) groups is 2. The van der Waals surface area contributed by atoms with Crippen molar-refractivity contribution in [1.82, 2.24) is 10.2 Å². The third kappa shape index (κ3) is 4.83. The number of benzene rings is 3. The molecule has 4 rings (SSSR count). The molecule has 1 saturated heterocycles. The number of rotatable bonds is 5. The molecule has 3 aromatic carbocycles. The van der Waals surface area contributed by atoms with E-state index < -0.39 is 0 Å². The first-order valence-electron chi connectivity index (χ1n) is 10.5. The predicted octanol–water partition coefficient (Wildman–Crippen LogP) is 4.96. The highest BCUT2D eigenvalue weighted by atomic mass is 35.5. The van der Waals surface area contributed by atoms with Crippen LogP contribution in [0, 0.1) is 18.7 Å². The van der Waals surface area contributed by atoms with Gasteiger partial charge in [-0.3, -0.25) is 9.59 Å². The van der Waals surface area contributed by atoms with Crippen molar-refractivity contribution in [1.29, 1.82) is 0 Å². The Balaban J connectivity index is 1.55. The quantitative estimate of drug-likeness (QED) is 0.597. The van der Waals surface area contributed by atoms with Crippen molar-refractivity contribution in [2.75, 3.05) is 13.1 Å². The summed E-state index contributed by atoms with van der Waals surface area (Å²) in [5.74, 6) is -1.04. The molecule has 1 fully saturated rings. The van der Waals surface area contributed by atoms with E-state index in [-0.39, 0.29) is 29.5 Å². The number of amides is 2. The number of nitrogens with zero attached hydrogens (tertiary/aromatic N) is 1. The van der Waals surface area contributed by atoms with E-state index in [0.717, 1.165) is 16.7 Å². The summed E-state index contributed by atoms with van der Waals surface area (Å²) in [6, 6.07) is 20.8. The summed E-state index contributed by atoms with van der Waals surface area (Å²) in [4.78, 5) is 28.0. The van der Waals surface area contributed by atoms with Gasteiger partial charge in [-0.2, -0.15) is 0 Å². The van der Waals surface area contributed by atoms with Crippen LogP contribution in [0.5, 0.6) is 0 Å². The highest BCUT2D eigenvalue weighted by molar-refractivity contribution is 6.30. The van der Waals surface area contributed by atoms with Gasteiger partial charge in [0.1, 0.15) is 5.82 Å². The number of hydrogen-bond donors (Lipinski definition) is 1. The number of likely N-dealkylation sites (tertiary alicyclic amines) is 1. The highest BCUT2D eigenvalue weighted by Gasteiger charge is 2.41. The van der Waals surface area contributed by atoms with Crippen LogP contribution in [0.15, 0.2) is 72.8 Å². The van der Waals surface area contributed by atoms with Gasteiger partial charge in [-0.25, -0.2) is 4.39 Å². The molecule has 0 saturated carbocycles. The Morgan fingerprint density at radius 3 is 2.38 bits per heavy atom. The molecule has 32 heavy (non-hydrogen) atoms. The smallest absolute Gasteiger partial charge is 0.253 e. The van der Waals surface area contributed by atoms with Crippen LogP contribution in [-0.2, 0) is 11.3 Å². The summed E-state index contributed by atoms with van der Waals surface area (Å²) >= 11 is 5.96. The van der Waals surface area contributed by atoms with Crippen LogP contribution in [-0.4, -0.2) is 29.8 Å². The molecule has 2 atom stereocenters. The summed E-state index contributed by atoms with van der Waals surface area (Å²) < 4.78 is 13.2. The average Bonchev–Trinajstić information content (AvgIpc) is 3.24. The van der Waals surface area contributed by atoms with Crippen LogP contribution in [0.3, 0.4) is 0 Å². The van der Waals surface area contributed by atoms with Gasteiger partial charge in [-0.15, -0.1) is 0 Å². The van der Waals surface area contributed by atoms with Crippen LogP contribution in [0.4, 0.5) is 4.39 Å². The Hall–Kier alpha value is -3.18. The summed E-state index contributed by atoms with van der Waals surface area (Å²) in [7, 11) is 0. The zero-order valence-electron chi connectivity index (χ0n) is 17.7. The highest BCUT2D eigenvalue weighted by Crippen LogP contribution is 2.35. The number of aryl methyl sites for hydroxylation is 1. The minimum absolute atomic E-state index is 0.110. The molecule has 1 N–H and O–H groups in total. The first-order chi connectivity index (χ1) is 15.4. The third-order valence-corrected chi connectivity index (χ3v) is 6.25. The second-order valence-electron chi connectivity index (χ2n) is 8.13. The maximum absolute atomic E-state index is 13.2. The second kappa shape index (κ2) is 9.53. The molecule has 1 aliphatic heterocycles. The Bertz CT molecular complexity index is 1120. The zero-order valence-corrected chi connectivity index (χ0v) is 18.5. The molecule has 0 aliphatic carbocycles. The van der Waals surface area contributed by atoms with E-state index in [2.05, 4.69) is 5.32 Å². The largest absolute Gasteiger partial charge is 0.352 e. The van der Waals surface area contributed by atoms with Crippen LogP contribution >= 0.6 is 11.6 Å². The molecule has 1 aliphatic rings. The van der Waals surface area contributed by atoms with Gasteiger partial charge in [0.2, 0.25) is 5.91 Å². The molecule has 2 amide bonds. The Morgan fingerprint density at radius 1 is 1.00 bits per heavy atom. The normalized spacial score (nSPS) is 17.9. The minimum atomic E-state index is -0.382. The number of carbonyl (C=O) groups excluding carboxylic acids is 2. The van der Waals surface area contributed by atoms with E-state index in [9.17, 15) is 14.0 Å². The zero-order chi connectivity index (χ0) is 22.7. The molecule has 164 valence electrons. The van der Waals surface area contributed by atoms with Gasteiger partial charge in [0.25, 0.3) is 5.91 Å². The van der Waals surface area contributed by atoms with E-state index in [1.54, 1.807) is 41.3 Å². The molecule has 4 nitrogen and oxygen atoms in total. The van der Waals surface area contributed by atoms with Crippen molar-refractivity contribution in [3.8, 4) is 0 Å². The average molecular weight is 451 g/mol. The fourth-order valence-electron chi connectivity index (χ4n) is 4.25. The van der Waals surface area contributed by atoms with E-state index in [1.807, 2.05) is 31.2 Å². The van der Waals surface area contributed by atoms with Gasteiger partial charge in [0.05, 0.1) is 5.92 Å². The lowest BCUT2D eigenvalue weighted by molar-refractivity contribution is -0.125. The molecule has 1 heterocycles. The maximum Gasteiger partial charge on any atom is 0.253 e. The third-order valence-electron chi connectivity index (χ3n) is 6.00. The first kappa shape index (κ1) is 22.0. The summed E-state index contributed by atoms with van der Waals surface area (Å²) in [6.45, 7) is 3.12. The van der Waals surface area contributed by atoms with Crippen molar-refractivity contribution in [2.45, 2.75) is 19.4 Å². The van der Waals surface area contributed by atoms with Gasteiger partial charge in [0, 0.05) is 36.1 Å². The molecule has 3 aromatic rings. The fourth-order valence-corrected chi connectivity index (χ4v) is 4.38. The van der Waals surface area contributed by atoms with Crippen molar-refractivity contribution in [2.24, 2.45) is 5.92 Å². The Labute approximate surface area is 192 Å². The van der Waals surface area contributed by atoms with Gasteiger partial charge in [-0.1, -0.05) is 48.0 Å². The van der Waals surface area contributed by atoms with Gasteiger partial charge in [0.15, 0.2) is 0 Å². The van der Waals surface area contributed by atoms with E-state index >= 15 is 0 Å². The van der Waals surface area contributed by atoms with E-state index in [4.69, 9.17) is 11.6 Å². The Kier molecular flexibility index (Phi) is 6.56. The second-order valence-corrected chi connectivity index (χ2v) is 8.57.